The van der Waals surface area contributed by atoms with Gasteiger partial charge in [0.15, 0.2) is 0 Å². The maximum atomic E-state index is 13.4. The molecule has 0 bridgehead atoms. The summed E-state index contributed by atoms with van der Waals surface area (Å²) in [5.74, 6) is 4.29. The Bertz CT molecular complexity index is 954. The molecule has 3 atom stereocenters. The van der Waals surface area contributed by atoms with Gasteiger partial charge in [-0.3, -0.25) is 4.79 Å². The highest BCUT2D eigenvalue weighted by atomic mass is 16.5. The van der Waals surface area contributed by atoms with Gasteiger partial charge in [0.25, 0.3) is 0 Å². The number of methoxy groups -OCH3 is 2. The minimum absolute atomic E-state index is 0.00161. The molecule has 1 aromatic rings. The van der Waals surface area contributed by atoms with Crippen LogP contribution in [0.2, 0.25) is 0 Å². The van der Waals surface area contributed by atoms with Crippen LogP contribution in [0.4, 0.5) is 0 Å². The van der Waals surface area contributed by atoms with E-state index in [9.17, 15) is 4.79 Å². The van der Waals surface area contributed by atoms with E-state index in [1.54, 1.807) is 21.3 Å². The first-order valence-corrected chi connectivity index (χ1v) is 14.9. The average Bonchev–Trinajstić information content (AvgIpc) is 3.25. The molecule has 0 aromatic heterocycles. The molecule has 2 fully saturated rings. The zero-order valence-corrected chi connectivity index (χ0v) is 25.3. The lowest BCUT2D eigenvalue weighted by Crippen LogP contribution is -2.55. The third-order valence-corrected chi connectivity index (χ3v) is 8.02. The molecule has 0 spiro atoms. The molecule has 3 aliphatic rings. The molecule has 0 heterocycles. The van der Waals surface area contributed by atoms with Crippen LogP contribution in [-0.4, -0.2) is 46.6 Å². The van der Waals surface area contributed by atoms with Crippen LogP contribution in [-0.2, 0) is 25.6 Å². The van der Waals surface area contributed by atoms with Crippen molar-refractivity contribution >= 4 is 5.97 Å². The molecule has 6 heteroatoms. The summed E-state index contributed by atoms with van der Waals surface area (Å²) in [4.78, 5) is 13.4. The van der Waals surface area contributed by atoms with E-state index in [2.05, 4.69) is 34.6 Å². The quantitative estimate of drug-likeness (QED) is 0.233. The fraction of sp³-hybridized carbons (Fsp3) is 0.618. The number of terminal acetylenes is 1. The number of hydrogen-bond donors (Lipinski definition) is 1. The molecule has 3 N–H and O–H groups in total. The van der Waals surface area contributed by atoms with Crippen molar-refractivity contribution in [2.24, 2.45) is 17.3 Å². The smallest absolute Gasteiger partial charge is 0.316 e. The maximum Gasteiger partial charge on any atom is 0.316 e. The maximum absolute atomic E-state index is 13.4. The highest BCUT2D eigenvalue weighted by molar-refractivity contribution is 5.82. The Balaban J connectivity index is 0.000000312. The highest BCUT2D eigenvalue weighted by Gasteiger charge is 2.48. The predicted molar refractivity (Wildman–Crippen MR) is 161 cm³/mol. The molecular weight excluding hydrogens is 502 g/mol. The van der Waals surface area contributed by atoms with Crippen LogP contribution in [0.15, 0.2) is 48.1 Å². The van der Waals surface area contributed by atoms with E-state index in [1.807, 2.05) is 31.2 Å². The number of rotatable bonds is 9. The van der Waals surface area contributed by atoms with Crippen molar-refractivity contribution in [2.45, 2.75) is 83.8 Å². The molecular formula is C34H52NO5+. The lowest BCUT2D eigenvalue weighted by molar-refractivity contribution is -0.372. The molecule has 1 aromatic carbocycles. The average molecular weight is 555 g/mol. The van der Waals surface area contributed by atoms with Crippen LogP contribution in [0, 0.1) is 29.6 Å². The van der Waals surface area contributed by atoms with E-state index in [1.165, 1.54) is 24.0 Å². The number of esters is 1. The van der Waals surface area contributed by atoms with Crippen molar-refractivity contribution in [3.8, 4) is 18.1 Å². The van der Waals surface area contributed by atoms with Gasteiger partial charge >= 0.3 is 5.97 Å². The lowest BCUT2D eigenvalue weighted by Gasteiger charge is -2.43. The zero-order valence-electron chi connectivity index (χ0n) is 25.3. The molecule has 2 saturated carbocycles. The first-order chi connectivity index (χ1) is 19.5. The molecule has 3 unspecified atom stereocenters. The number of carbonyl (C=O) groups is 1. The van der Waals surface area contributed by atoms with E-state index in [0.29, 0.717) is 12.5 Å². The van der Waals surface area contributed by atoms with Gasteiger partial charge < -0.3 is 24.7 Å². The van der Waals surface area contributed by atoms with Gasteiger partial charge in [0.1, 0.15) is 11.9 Å². The molecule has 6 nitrogen and oxygen atoms in total. The largest absolute Gasteiger partial charge is 0.497 e. The Morgan fingerprint density at radius 1 is 1.07 bits per heavy atom. The number of benzene rings is 1. The second-order valence-electron chi connectivity index (χ2n) is 10.8. The van der Waals surface area contributed by atoms with E-state index in [4.69, 9.17) is 20.6 Å². The highest BCUT2D eigenvalue weighted by Crippen LogP contribution is 2.47. The standard InChI is InChI=1S/C22H31NO2.C10H14O2.C2H6O/c1-2-17-16-20(19(17)12-15-23)25-21(24)22(13-8-3-4-9-14-22)18-10-6-5-7-11-18;1-3-12-8-9-4-6-10(11-2)7-5-9;1-3-2/h1,6,10-11,17,19-20H,3-5,7-9,12-16,23H2;4-7H,3,8H2,1-2H3;1-2H3/p+1. The molecule has 0 saturated heterocycles. The van der Waals surface area contributed by atoms with Crippen molar-refractivity contribution in [2.75, 3.05) is 34.5 Å². The first kappa shape index (κ1) is 33.6. The number of hydrogen-bond acceptors (Lipinski definition) is 5. The molecule has 0 aliphatic heterocycles. The third kappa shape index (κ3) is 9.80. The number of allylic oxidation sites excluding steroid dienone is 3. The molecule has 222 valence electrons. The van der Waals surface area contributed by atoms with Crippen LogP contribution >= 0.6 is 0 Å². The summed E-state index contributed by atoms with van der Waals surface area (Å²) < 4.78 is 20.6. The van der Waals surface area contributed by atoms with E-state index in [0.717, 1.165) is 70.3 Å². The van der Waals surface area contributed by atoms with Crippen LogP contribution in [0.1, 0.15) is 76.7 Å². The third-order valence-electron chi connectivity index (χ3n) is 8.02. The Hall–Kier alpha value is -2.59. The van der Waals surface area contributed by atoms with Crippen LogP contribution in [0.5, 0.6) is 5.75 Å². The molecule has 3 aliphatic carbocycles. The van der Waals surface area contributed by atoms with Crippen molar-refractivity contribution < 1.29 is 29.5 Å². The van der Waals surface area contributed by atoms with E-state index in [-0.39, 0.29) is 18.0 Å². The number of ether oxygens (including phenoxy) is 4. The zero-order chi connectivity index (χ0) is 29.2. The lowest BCUT2D eigenvalue weighted by atomic mass is 9.68. The summed E-state index contributed by atoms with van der Waals surface area (Å²) in [6, 6.07) is 7.89. The van der Waals surface area contributed by atoms with Crippen LogP contribution in [0.25, 0.3) is 0 Å². The summed E-state index contributed by atoms with van der Waals surface area (Å²) in [5.41, 5.74) is 5.90. The van der Waals surface area contributed by atoms with Crippen LogP contribution in [0.3, 0.4) is 0 Å². The van der Waals surface area contributed by atoms with Crippen molar-refractivity contribution in [3.05, 3.63) is 53.6 Å². The summed E-state index contributed by atoms with van der Waals surface area (Å²) in [6.45, 7) is 4.27. The van der Waals surface area contributed by atoms with Gasteiger partial charge in [-0.05, 0) is 62.3 Å². The summed E-state index contributed by atoms with van der Waals surface area (Å²) in [6.07, 6.45) is 22.7. The second-order valence-corrected chi connectivity index (χ2v) is 10.8. The van der Waals surface area contributed by atoms with Gasteiger partial charge in [0, 0.05) is 39.1 Å². The monoisotopic (exact) mass is 554 g/mol. The minimum atomic E-state index is -0.427. The molecule has 4 rings (SSSR count). The van der Waals surface area contributed by atoms with E-state index >= 15 is 0 Å². The van der Waals surface area contributed by atoms with Crippen molar-refractivity contribution in [3.63, 3.8) is 0 Å². The van der Waals surface area contributed by atoms with Gasteiger partial charge in [-0.2, -0.15) is 0 Å². The Kier molecular flexibility index (Phi) is 15.7. The molecule has 0 radical (unpaired) electrons. The van der Waals surface area contributed by atoms with Gasteiger partial charge in [-0.1, -0.05) is 56.0 Å². The molecule has 40 heavy (non-hydrogen) atoms. The molecule has 0 amide bonds. The van der Waals surface area contributed by atoms with Crippen molar-refractivity contribution in [1.82, 2.24) is 0 Å². The summed E-state index contributed by atoms with van der Waals surface area (Å²) >= 11 is 0. The van der Waals surface area contributed by atoms with Crippen molar-refractivity contribution in [1.29, 1.82) is 0 Å². The van der Waals surface area contributed by atoms with Gasteiger partial charge in [-0.15, -0.1) is 12.3 Å². The predicted octanol–water partition coefficient (Wildman–Crippen LogP) is 5.91. The second kappa shape index (κ2) is 18.7. The Labute approximate surface area is 242 Å². The summed E-state index contributed by atoms with van der Waals surface area (Å²) in [5, 5.41) is 0. The Morgan fingerprint density at radius 3 is 2.27 bits per heavy atom. The Morgan fingerprint density at radius 2 is 1.75 bits per heavy atom. The van der Waals surface area contributed by atoms with Crippen LogP contribution < -0.4 is 10.5 Å². The normalized spacial score (nSPS) is 22.9. The first-order valence-electron chi connectivity index (χ1n) is 14.9. The van der Waals surface area contributed by atoms with E-state index < -0.39 is 5.41 Å². The number of quaternary nitrogens is 1. The van der Waals surface area contributed by atoms with Gasteiger partial charge in [0.05, 0.1) is 25.7 Å². The SMILES string of the molecule is C#CC1CC(OC(=O)C2(C3=CCCC=C3)CCCCCC2)C1CC[NH3+].CCOCc1ccc(OC)cc1.COC. The fourth-order valence-electron chi connectivity index (χ4n) is 5.72. The topological polar surface area (TPSA) is 81.6 Å². The van der Waals surface area contributed by atoms with Gasteiger partial charge in [-0.25, -0.2) is 0 Å². The van der Waals surface area contributed by atoms with Gasteiger partial charge in [0.2, 0.25) is 0 Å². The summed E-state index contributed by atoms with van der Waals surface area (Å²) in [7, 11) is 4.91. The minimum Gasteiger partial charge on any atom is -0.497 e. The fourth-order valence-corrected chi connectivity index (χ4v) is 5.72. The number of carbonyl (C=O) groups excluding carboxylic acids is 1.